The lowest BCUT2D eigenvalue weighted by Gasteiger charge is -2.39. The van der Waals surface area contributed by atoms with Crippen molar-refractivity contribution in [2.24, 2.45) is 0 Å². The Morgan fingerprint density at radius 1 is 0.647 bits per heavy atom. The van der Waals surface area contributed by atoms with Crippen molar-refractivity contribution in [1.82, 2.24) is 0 Å². The summed E-state index contributed by atoms with van der Waals surface area (Å²) in [5.41, 5.74) is 0. The van der Waals surface area contributed by atoms with Crippen molar-refractivity contribution in [2.75, 3.05) is 26.4 Å². The Kier molecular flexibility index (Phi) is 31.4. The zero-order valence-electron chi connectivity index (χ0n) is 32.1. The Balaban J connectivity index is 2.33. The van der Waals surface area contributed by atoms with E-state index in [1.807, 2.05) is 0 Å². The van der Waals surface area contributed by atoms with Crippen LogP contribution in [0.2, 0.25) is 0 Å². The SMILES string of the molecule is CC/C=C\C/C=C\C/C=C\C/C=C\CCCCCCC(=O)OC(COCCCCCCCCCCCCC)COC1OC(CO)C(O)C(O)C1O. The molecule has 0 aromatic carbocycles. The summed E-state index contributed by atoms with van der Waals surface area (Å²) in [6.45, 7) is 4.40. The van der Waals surface area contributed by atoms with Gasteiger partial charge in [-0.2, -0.15) is 0 Å². The molecule has 296 valence electrons. The Labute approximate surface area is 310 Å². The fourth-order valence-corrected chi connectivity index (χ4v) is 5.83. The lowest BCUT2D eigenvalue weighted by molar-refractivity contribution is -0.305. The summed E-state index contributed by atoms with van der Waals surface area (Å²) < 4.78 is 22.7. The van der Waals surface area contributed by atoms with Gasteiger partial charge in [-0.3, -0.25) is 4.79 Å². The molecular formula is C42H74O9. The van der Waals surface area contributed by atoms with Gasteiger partial charge in [0.25, 0.3) is 0 Å². The van der Waals surface area contributed by atoms with Gasteiger partial charge in [0.2, 0.25) is 0 Å². The highest BCUT2D eigenvalue weighted by atomic mass is 16.7. The Morgan fingerprint density at radius 2 is 1.20 bits per heavy atom. The molecule has 0 saturated carbocycles. The van der Waals surface area contributed by atoms with E-state index in [1.165, 1.54) is 57.8 Å². The largest absolute Gasteiger partial charge is 0.457 e. The quantitative estimate of drug-likeness (QED) is 0.0301. The number of allylic oxidation sites excluding steroid dienone is 8. The van der Waals surface area contributed by atoms with Crippen molar-refractivity contribution in [1.29, 1.82) is 0 Å². The van der Waals surface area contributed by atoms with Crippen LogP contribution in [-0.4, -0.2) is 89.6 Å². The number of aliphatic hydroxyl groups excluding tert-OH is 4. The highest BCUT2D eigenvalue weighted by molar-refractivity contribution is 5.69. The predicted octanol–water partition coefficient (Wildman–Crippen LogP) is 8.19. The number of aliphatic hydroxyl groups is 4. The number of hydrogen-bond acceptors (Lipinski definition) is 9. The number of rotatable bonds is 33. The third kappa shape index (κ3) is 25.7. The average molecular weight is 723 g/mol. The summed E-state index contributed by atoms with van der Waals surface area (Å²) in [5, 5.41) is 40.0. The molecular weight excluding hydrogens is 648 g/mol. The van der Waals surface area contributed by atoms with Gasteiger partial charge < -0.3 is 39.4 Å². The third-order valence-electron chi connectivity index (χ3n) is 9.01. The minimum atomic E-state index is -1.54. The second kappa shape index (κ2) is 34.0. The first-order chi connectivity index (χ1) is 24.9. The molecule has 1 saturated heterocycles. The van der Waals surface area contributed by atoms with Crippen LogP contribution in [0.3, 0.4) is 0 Å². The van der Waals surface area contributed by atoms with E-state index in [-0.39, 0.29) is 19.2 Å². The molecule has 0 amide bonds. The zero-order valence-corrected chi connectivity index (χ0v) is 32.1. The van der Waals surface area contributed by atoms with E-state index in [0.29, 0.717) is 13.0 Å². The Hall–Kier alpha value is -1.85. The fourth-order valence-electron chi connectivity index (χ4n) is 5.83. The molecule has 0 radical (unpaired) electrons. The van der Waals surface area contributed by atoms with Crippen molar-refractivity contribution in [3.8, 4) is 0 Å². The van der Waals surface area contributed by atoms with Gasteiger partial charge in [-0.05, 0) is 51.4 Å². The van der Waals surface area contributed by atoms with Crippen LogP contribution < -0.4 is 0 Å². The maximum Gasteiger partial charge on any atom is 0.306 e. The molecule has 0 aliphatic carbocycles. The van der Waals surface area contributed by atoms with Crippen LogP contribution in [0.25, 0.3) is 0 Å². The molecule has 0 aromatic heterocycles. The Morgan fingerprint density at radius 3 is 1.80 bits per heavy atom. The first-order valence-electron chi connectivity index (χ1n) is 20.2. The fraction of sp³-hybridized carbons (Fsp3) is 0.786. The van der Waals surface area contributed by atoms with Crippen molar-refractivity contribution in [3.05, 3.63) is 48.6 Å². The molecule has 6 unspecified atom stereocenters. The minimum absolute atomic E-state index is 0.123. The number of unbranched alkanes of at least 4 members (excludes halogenated alkanes) is 14. The van der Waals surface area contributed by atoms with Crippen LogP contribution in [0.4, 0.5) is 0 Å². The second-order valence-corrected chi connectivity index (χ2v) is 13.7. The summed E-state index contributed by atoms with van der Waals surface area (Å²) in [5.74, 6) is -0.338. The van der Waals surface area contributed by atoms with Crippen LogP contribution in [0.15, 0.2) is 48.6 Å². The maximum atomic E-state index is 12.7. The number of ether oxygens (including phenoxy) is 4. The molecule has 0 bridgehead atoms. The molecule has 1 rings (SSSR count). The summed E-state index contributed by atoms with van der Waals surface area (Å²) in [7, 11) is 0. The van der Waals surface area contributed by atoms with E-state index in [1.54, 1.807) is 0 Å². The van der Waals surface area contributed by atoms with Gasteiger partial charge in [-0.15, -0.1) is 0 Å². The number of carbonyl (C=O) groups is 1. The minimum Gasteiger partial charge on any atom is -0.457 e. The highest BCUT2D eigenvalue weighted by Crippen LogP contribution is 2.22. The summed E-state index contributed by atoms with van der Waals surface area (Å²) in [6, 6.07) is 0. The molecule has 6 atom stereocenters. The Bertz CT molecular complexity index is 916. The zero-order chi connectivity index (χ0) is 37.2. The summed E-state index contributed by atoms with van der Waals surface area (Å²) in [6.07, 6.45) is 32.7. The maximum absolute atomic E-state index is 12.7. The molecule has 9 nitrogen and oxygen atoms in total. The normalized spacial score (nSPS) is 21.9. The van der Waals surface area contributed by atoms with E-state index < -0.39 is 43.4 Å². The van der Waals surface area contributed by atoms with Gasteiger partial charge in [0, 0.05) is 13.0 Å². The number of esters is 1. The van der Waals surface area contributed by atoms with Crippen molar-refractivity contribution in [2.45, 2.75) is 185 Å². The average Bonchev–Trinajstić information content (AvgIpc) is 3.13. The second-order valence-electron chi connectivity index (χ2n) is 13.7. The van der Waals surface area contributed by atoms with Crippen LogP contribution >= 0.6 is 0 Å². The van der Waals surface area contributed by atoms with E-state index in [4.69, 9.17) is 18.9 Å². The highest BCUT2D eigenvalue weighted by Gasteiger charge is 2.44. The van der Waals surface area contributed by atoms with E-state index in [0.717, 1.165) is 70.6 Å². The van der Waals surface area contributed by atoms with Crippen LogP contribution in [0.1, 0.15) is 149 Å². The predicted molar refractivity (Wildman–Crippen MR) is 205 cm³/mol. The lowest BCUT2D eigenvalue weighted by Crippen LogP contribution is -2.59. The molecule has 0 spiro atoms. The molecule has 51 heavy (non-hydrogen) atoms. The standard InChI is InChI=1S/C42H74O9/c1-3-5-7-9-11-13-15-16-17-18-19-20-21-23-25-27-29-31-38(44)50-36(35-49-42-41(47)40(46)39(45)37(33-43)51-42)34-48-32-30-28-26-24-22-14-12-10-8-6-4-2/h5,7,11,13,16-17,19-20,36-37,39-43,45-47H,3-4,6,8-10,12,14-15,18,21-35H2,1-2H3/b7-5-,13-11-,17-16-,20-19-. The van der Waals surface area contributed by atoms with Crippen molar-refractivity contribution in [3.63, 3.8) is 0 Å². The van der Waals surface area contributed by atoms with E-state index >= 15 is 0 Å². The number of carbonyl (C=O) groups excluding carboxylic acids is 1. The molecule has 1 fully saturated rings. The first-order valence-corrected chi connectivity index (χ1v) is 20.2. The van der Waals surface area contributed by atoms with Crippen molar-refractivity contribution < 1.29 is 44.2 Å². The molecule has 4 N–H and O–H groups in total. The summed E-state index contributed by atoms with van der Waals surface area (Å²) in [4.78, 5) is 12.7. The smallest absolute Gasteiger partial charge is 0.306 e. The first kappa shape index (κ1) is 47.2. The monoisotopic (exact) mass is 723 g/mol. The summed E-state index contributed by atoms with van der Waals surface area (Å²) >= 11 is 0. The number of hydrogen-bond donors (Lipinski definition) is 4. The van der Waals surface area contributed by atoms with Crippen LogP contribution in [0.5, 0.6) is 0 Å². The van der Waals surface area contributed by atoms with Gasteiger partial charge in [0.1, 0.15) is 30.5 Å². The lowest BCUT2D eigenvalue weighted by atomic mass is 9.99. The van der Waals surface area contributed by atoms with E-state index in [2.05, 4.69) is 62.5 Å². The molecule has 1 aliphatic rings. The molecule has 1 aliphatic heterocycles. The third-order valence-corrected chi connectivity index (χ3v) is 9.01. The van der Waals surface area contributed by atoms with Gasteiger partial charge in [0.05, 0.1) is 19.8 Å². The molecule has 1 heterocycles. The van der Waals surface area contributed by atoms with Gasteiger partial charge in [-0.1, -0.05) is 140 Å². The van der Waals surface area contributed by atoms with Gasteiger partial charge in [0.15, 0.2) is 6.29 Å². The van der Waals surface area contributed by atoms with Crippen LogP contribution in [-0.2, 0) is 23.7 Å². The van der Waals surface area contributed by atoms with Gasteiger partial charge in [-0.25, -0.2) is 0 Å². The molecule has 0 aromatic rings. The van der Waals surface area contributed by atoms with Gasteiger partial charge >= 0.3 is 5.97 Å². The van der Waals surface area contributed by atoms with E-state index in [9.17, 15) is 25.2 Å². The topological polar surface area (TPSA) is 135 Å². The van der Waals surface area contributed by atoms with Crippen LogP contribution in [0, 0.1) is 0 Å². The molecule has 9 heteroatoms. The van der Waals surface area contributed by atoms with Crippen molar-refractivity contribution >= 4 is 5.97 Å².